The van der Waals surface area contributed by atoms with Crippen LogP contribution in [0.5, 0.6) is 0 Å². The van der Waals surface area contributed by atoms with Gasteiger partial charge in [-0.2, -0.15) is 14.7 Å². The van der Waals surface area contributed by atoms with Crippen LogP contribution in [0.4, 0.5) is 0 Å². The van der Waals surface area contributed by atoms with Gasteiger partial charge in [-0.3, -0.25) is 9.67 Å². The molecule has 0 N–H and O–H groups in total. The van der Waals surface area contributed by atoms with E-state index in [9.17, 15) is 0 Å². The van der Waals surface area contributed by atoms with Crippen LogP contribution < -0.4 is 0 Å². The lowest BCUT2D eigenvalue weighted by atomic mass is 10.3. The smallest absolute Gasteiger partial charge is 0.235 e. The van der Waals surface area contributed by atoms with E-state index in [1.807, 2.05) is 31.4 Å². The Bertz CT molecular complexity index is 874. The number of nitrogens with zero attached hydrogens (tertiary/aromatic N) is 7. The van der Waals surface area contributed by atoms with Gasteiger partial charge in [-0.05, 0) is 12.1 Å². The van der Waals surface area contributed by atoms with E-state index in [0.717, 1.165) is 21.2 Å². The van der Waals surface area contributed by atoms with E-state index in [0.29, 0.717) is 5.82 Å². The maximum atomic E-state index is 4.55. The maximum absolute atomic E-state index is 4.55. The van der Waals surface area contributed by atoms with Crippen molar-refractivity contribution in [1.29, 1.82) is 0 Å². The Kier molecular flexibility index (Phi) is 2.36. The molecule has 0 bridgehead atoms. The Labute approximate surface area is 117 Å². The topological polar surface area (TPSA) is 73.8 Å². The second kappa shape index (κ2) is 4.20. The van der Waals surface area contributed by atoms with Crippen molar-refractivity contribution in [2.75, 3.05) is 0 Å². The van der Waals surface area contributed by atoms with Gasteiger partial charge in [0.1, 0.15) is 5.69 Å². The molecule has 0 spiro atoms. The van der Waals surface area contributed by atoms with Gasteiger partial charge in [-0.15, -0.1) is 10.2 Å². The van der Waals surface area contributed by atoms with E-state index >= 15 is 0 Å². The number of hydrogen-bond acceptors (Lipinski definition) is 6. The molecule has 0 aliphatic rings. The molecule has 4 heterocycles. The van der Waals surface area contributed by atoms with Gasteiger partial charge in [0, 0.05) is 19.4 Å². The molecule has 98 valence electrons. The van der Waals surface area contributed by atoms with Crippen LogP contribution in [0, 0.1) is 0 Å². The molecule has 0 aliphatic carbocycles. The predicted octanol–water partition coefficient (Wildman–Crippen LogP) is 1.65. The Hall–Kier alpha value is -2.61. The number of fused-ring (bicyclic) bond motifs is 1. The first kappa shape index (κ1) is 11.2. The Morgan fingerprint density at radius 1 is 1.20 bits per heavy atom. The zero-order valence-corrected chi connectivity index (χ0v) is 11.3. The standard InChI is InChI=1S/C12H9N7S/c1-18-7-8(6-14-18)11-17-19-10(15-16-12(19)20-11)9-4-2-3-5-13-9/h2-7H,1H3. The molecule has 0 atom stereocenters. The van der Waals surface area contributed by atoms with Crippen LogP contribution in [0.25, 0.3) is 27.1 Å². The largest absolute Gasteiger partial charge is 0.275 e. The Balaban J connectivity index is 1.87. The highest BCUT2D eigenvalue weighted by atomic mass is 32.1. The van der Waals surface area contributed by atoms with Gasteiger partial charge < -0.3 is 0 Å². The molecule has 7 nitrogen and oxygen atoms in total. The molecule has 0 fully saturated rings. The molecule has 0 aromatic carbocycles. The lowest BCUT2D eigenvalue weighted by molar-refractivity contribution is 0.768. The molecule has 0 aliphatic heterocycles. The van der Waals surface area contributed by atoms with Crippen LogP contribution >= 0.6 is 11.3 Å². The normalized spacial score (nSPS) is 11.2. The van der Waals surface area contributed by atoms with Crippen molar-refractivity contribution >= 4 is 16.3 Å². The summed E-state index contributed by atoms with van der Waals surface area (Å²) < 4.78 is 3.47. The summed E-state index contributed by atoms with van der Waals surface area (Å²) in [5, 5.41) is 17.9. The van der Waals surface area contributed by atoms with Crippen LogP contribution in [0.15, 0.2) is 36.8 Å². The second-order valence-electron chi connectivity index (χ2n) is 4.24. The minimum Gasteiger partial charge on any atom is -0.275 e. The summed E-state index contributed by atoms with van der Waals surface area (Å²) in [7, 11) is 1.88. The van der Waals surface area contributed by atoms with Crippen molar-refractivity contribution < 1.29 is 0 Å². The van der Waals surface area contributed by atoms with Crippen molar-refractivity contribution in [3.05, 3.63) is 36.8 Å². The lowest BCUT2D eigenvalue weighted by Gasteiger charge is -1.94. The highest BCUT2D eigenvalue weighted by molar-refractivity contribution is 7.19. The molecule has 4 rings (SSSR count). The highest BCUT2D eigenvalue weighted by Gasteiger charge is 2.15. The lowest BCUT2D eigenvalue weighted by Crippen LogP contribution is -1.92. The summed E-state index contributed by atoms with van der Waals surface area (Å²) in [6, 6.07) is 5.67. The Morgan fingerprint density at radius 3 is 2.90 bits per heavy atom. The van der Waals surface area contributed by atoms with Crippen LogP contribution in [0.1, 0.15) is 0 Å². The highest BCUT2D eigenvalue weighted by Crippen LogP contribution is 2.26. The molecular formula is C12H9N7S. The first-order valence-corrected chi connectivity index (χ1v) is 6.75. The SMILES string of the molecule is Cn1cc(-c2nn3c(-c4ccccn4)nnc3s2)cn1. The molecule has 0 saturated carbocycles. The zero-order chi connectivity index (χ0) is 13.5. The van der Waals surface area contributed by atoms with Crippen LogP contribution in [-0.2, 0) is 7.05 Å². The van der Waals surface area contributed by atoms with Gasteiger partial charge in [0.15, 0.2) is 5.01 Å². The quantitative estimate of drug-likeness (QED) is 0.559. The second-order valence-corrected chi connectivity index (χ2v) is 5.20. The van der Waals surface area contributed by atoms with Gasteiger partial charge in [0.25, 0.3) is 0 Å². The molecule has 20 heavy (non-hydrogen) atoms. The van der Waals surface area contributed by atoms with E-state index in [2.05, 4.69) is 25.4 Å². The van der Waals surface area contributed by atoms with Gasteiger partial charge in [-0.25, -0.2) is 0 Å². The predicted molar refractivity (Wildman–Crippen MR) is 74.1 cm³/mol. The van der Waals surface area contributed by atoms with E-state index in [4.69, 9.17) is 0 Å². The summed E-state index contributed by atoms with van der Waals surface area (Å²) in [5.74, 6) is 0.645. The molecule has 0 unspecified atom stereocenters. The number of aryl methyl sites for hydroxylation is 1. The number of aromatic nitrogens is 7. The molecule has 0 radical (unpaired) electrons. The van der Waals surface area contributed by atoms with Gasteiger partial charge in [0.2, 0.25) is 10.8 Å². The summed E-state index contributed by atoms with van der Waals surface area (Å²) in [6.45, 7) is 0. The molecule has 0 saturated heterocycles. The average Bonchev–Trinajstić information content (AvgIpc) is 3.13. The first-order chi connectivity index (χ1) is 9.81. The fourth-order valence-electron chi connectivity index (χ4n) is 1.92. The minimum absolute atomic E-state index is 0.645. The van der Waals surface area contributed by atoms with E-state index in [-0.39, 0.29) is 0 Å². The first-order valence-electron chi connectivity index (χ1n) is 5.94. The van der Waals surface area contributed by atoms with Crippen LogP contribution in [-0.4, -0.2) is 34.6 Å². The summed E-state index contributed by atoms with van der Waals surface area (Å²) >= 11 is 1.48. The van der Waals surface area contributed by atoms with Gasteiger partial charge in [0.05, 0.1) is 11.8 Å². The van der Waals surface area contributed by atoms with E-state index in [1.165, 1.54) is 11.3 Å². The minimum atomic E-state index is 0.645. The molecule has 8 heteroatoms. The van der Waals surface area contributed by atoms with Gasteiger partial charge in [-0.1, -0.05) is 17.4 Å². The van der Waals surface area contributed by atoms with Crippen molar-refractivity contribution in [2.45, 2.75) is 0 Å². The van der Waals surface area contributed by atoms with Crippen LogP contribution in [0.2, 0.25) is 0 Å². The molecular weight excluding hydrogens is 274 g/mol. The van der Waals surface area contributed by atoms with Crippen molar-refractivity contribution in [3.63, 3.8) is 0 Å². The number of hydrogen-bond donors (Lipinski definition) is 0. The Morgan fingerprint density at radius 2 is 2.15 bits per heavy atom. The zero-order valence-electron chi connectivity index (χ0n) is 10.5. The van der Waals surface area contributed by atoms with Crippen molar-refractivity contribution in [1.82, 2.24) is 34.6 Å². The molecule has 4 aromatic rings. The average molecular weight is 283 g/mol. The van der Waals surface area contributed by atoms with Gasteiger partial charge >= 0.3 is 0 Å². The van der Waals surface area contributed by atoms with Crippen molar-refractivity contribution in [2.24, 2.45) is 7.05 Å². The third-order valence-corrected chi connectivity index (χ3v) is 3.78. The molecule has 0 amide bonds. The third kappa shape index (κ3) is 1.69. The van der Waals surface area contributed by atoms with Crippen molar-refractivity contribution in [3.8, 4) is 22.1 Å². The summed E-state index contributed by atoms with van der Waals surface area (Å²) in [6.07, 6.45) is 5.43. The number of rotatable bonds is 2. The fraction of sp³-hybridized carbons (Fsp3) is 0.0833. The monoisotopic (exact) mass is 283 g/mol. The third-order valence-electron chi connectivity index (χ3n) is 2.84. The maximum Gasteiger partial charge on any atom is 0.235 e. The fourth-order valence-corrected chi connectivity index (χ4v) is 2.73. The van der Waals surface area contributed by atoms with Crippen LogP contribution in [0.3, 0.4) is 0 Å². The van der Waals surface area contributed by atoms with E-state index < -0.39 is 0 Å². The number of pyridine rings is 1. The molecule has 4 aromatic heterocycles. The summed E-state index contributed by atoms with van der Waals surface area (Å²) in [4.78, 5) is 5.02. The summed E-state index contributed by atoms with van der Waals surface area (Å²) in [5.41, 5.74) is 1.72. The van der Waals surface area contributed by atoms with E-state index in [1.54, 1.807) is 21.6 Å².